The highest BCUT2D eigenvalue weighted by Crippen LogP contribution is 2.32. The molecule has 0 bridgehead atoms. The fourth-order valence-corrected chi connectivity index (χ4v) is 1.24. The summed E-state index contributed by atoms with van der Waals surface area (Å²) in [4.78, 5) is 3.50. The topological polar surface area (TPSA) is 42.4 Å². The summed E-state index contributed by atoms with van der Waals surface area (Å²) in [6.45, 7) is 1.46. The van der Waals surface area contributed by atoms with Crippen LogP contribution in [-0.2, 0) is 5.33 Å². The third-order valence-electron chi connectivity index (χ3n) is 1.55. The first-order valence-corrected chi connectivity index (χ1v) is 4.97. The molecule has 0 aliphatic heterocycles. The average Bonchev–Trinajstić information content (AvgIpc) is 2.10. The zero-order chi connectivity index (χ0) is 11.6. The number of aromatic hydroxyl groups is 1. The zero-order valence-electron chi connectivity index (χ0n) is 7.60. The van der Waals surface area contributed by atoms with Crippen molar-refractivity contribution in [1.82, 2.24) is 4.98 Å². The van der Waals surface area contributed by atoms with Crippen molar-refractivity contribution < 1.29 is 23.0 Å². The van der Waals surface area contributed by atoms with E-state index in [1.54, 1.807) is 0 Å². The lowest BCUT2D eigenvalue weighted by atomic mass is 10.2. The number of aryl methyl sites for hydroxylation is 1. The minimum absolute atomic E-state index is 0.277. The van der Waals surface area contributed by atoms with E-state index in [0.29, 0.717) is 5.69 Å². The molecule has 0 unspecified atom stereocenters. The van der Waals surface area contributed by atoms with Gasteiger partial charge < -0.3 is 9.84 Å². The minimum Gasteiger partial charge on any atom is -0.503 e. The van der Waals surface area contributed by atoms with E-state index < -0.39 is 18.0 Å². The van der Waals surface area contributed by atoms with Gasteiger partial charge in [0.2, 0.25) is 0 Å². The molecule has 3 nitrogen and oxygen atoms in total. The maximum atomic E-state index is 11.9. The van der Waals surface area contributed by atoms with Crippen LogP contribution in [0.3, 0.4) is 0 Å². The number of alkyl halides is 4. The van der Waals surface area contributed by atoms with E-state index in [-0.39, 0.29) is 10.9 Å². The van der Waals surface area contributed by atoms with E-state index in [0.717, 1.165) is 0 Å². The van der Waals surface area contributed by atoms with Gasteiger partial charge in [-0.25, -0.2) is 4.98 Å². The fourth-order valence-electron chi connectivity index (χ4n) is 0.952. The van der Waals surface area contributed by atoms with Crippen LogP contribution in [0.4, 0.5) is 13.2 Å². The van der Waals surface area contributed by atoms with Gasteiger partial charge in [0, 0.05) is 5.33 Å². The highest BCUT2D eigenvalue weighted by atomic mass is 79.9. The molecule has 0 spiro atoms. The second kappa shape index (κ2) is 4.26. The Morgan fingerprint density at radius 3 is 2.60 bits per heavy atom. The van der Waals surface area contributed by atoms with Crippen LogP contribution >= 0.6 is 15.9 Å². The summed E-state index contributed by atoms with van der Waals surface area (Å²) in [6, 6.07) is 1.47. The Kier molecular flexibility index (Phi) is 3.43. The van der Waals surface area contributed by atoms with Gasteiger partial charge in [0.05, 0.1) is 5.69 Å². The van der Waals surface area contributed by atoms with Crippen molar-refractivity contribution in [2.24, 2.45) is 0 Å². The highest BCUT2D eigenvalue weighted by molar-refractivity contribution is 9.08. The van der Waals surface area contributed by atoms with Crippen LogP contribution in [0.15, 0.2) is 6.07 Å². The third-order valence-corrected chi connectivity index (χ3v) is 2.13. The Morgan fingerprint density at radius 1 is 1.53 bits per heavy atom. The minimum atomic E-state index is -4.86. The summed E-state index contributed by atoms with van der Waals surface area (Å²) in [6.07, 6.45) is -4.86. The predicted molar refractivity (Wildman–Crippen MR) is 50.0 cm³/mol. The number of halogens is 4. The Bertz CT molecular complexity index is 368. The lowest BCUT2D eigenvalue weighted by molar-refractivity contribution is -0.276. The number of nitrogens with zero attached hydrogens (tertiary/aromatic N) is 1. The van der Waals surface area contributed by atoms with E-state index in [9.17, 15) is 18.3 Å². The van der Waals surface area contributed by atoms with Gasteiger partial charge in [0.25, 0.3) is 5.88 Å². The number of pyridine rings is 1. The SMILES string of the molecule is Cc1cc(CBr)nc(OC(F)(F)F)c1O. The van der Waals surface area contributed by atoms with Crippen molar-refractivity contribution in [2.75, 3.05) is 0 Å². The molecule has 1 rings (SSSR count). The summed E-state index contributed by atoms with van der Waals surface area (Å²) < 4.78 is 39.3. The number of hydrogen-bond donors (Lipinski definition) is 1. The largest absolute Gasteiger partial charge is 0.574 e. The smallest absolute Gasteiger partial charge is 0.503 e. The van der Waals surface area contributed by atoms with Crippen molar-refractivity contribution >= 4 is 15.9 Å². The molecular weight excluding hydrogens is 279 g/mol. The van der Waals surface area contributed by atoms with Gasteiger partial charge in [-0.05, 0) is 18.6 Å². The molecule has 15 heavy (non-hydrogen) atoms. The average molecular weight is 286 g/mol. The van der Waals surface area contributed by atoms with Gasteiger partial charge in [-0.15, -0.1) is 13.2 Å². The summed E-state index contributed by atoms with van der Waals surface area (Å²) >= 11 is 3.05. The highest BCUT2D eigenvalue weighted by Gasteiger charge is 2.33. The second-order valence-corrected chi connectivity index (χ2v) is 3.33. The van der Waals surface area contributed by atoms with Crippen LogP contribution in [0.5, 0.6) is 11.6 Å². The van der Waals surface area contributed by atoms with E-state index in [4.69, 9.17) is 0 Å². The normalized spacial score (nSPS) is 11.5. The van der Waals surface area contributed by atoms with Gasteiger partial charge in [-0.1, -0.05) is 15.9 Å². The quantitative estimate of drug-likeness (QED) is 0.850. The molecule has 1 N–H and O–H groups in total. The first kappa shape index (κ1) is 12.1. The lowest BCUT2D eigenvalue weighted by Gasteiger charge is -2.11. The van der Waals surface area contributed by atoms with Crippen LogP contribution in [0.2, 0.25) is 0 Å². The van der Waals surface area contributed by atoms with E-state index in [1.807, 2.05) is 0 Å². The Balaban J connectivity index is 3.11. The summed E-state index contributed by atoms with van der Waals surface area (Å²) in [5.41, 5.74) is 0.628. The predicted octanol–water partition coefficient (Wildman–Crippen LogP) is 2.89. The van der Waals surface area contributed by atoms with E-state index in [2.05, 4.69) is 25.7 Å². The van der Waals surface area contributed by atoms with Crippen LogP contribution in [0.25, 0.3) is 0 Å². The van der Waals surface area contributed by atoms with E-state index in [1.165, 1.54) is 13.0 Å². The van der Waals surface area contributed by atoms with Crippen molar-refractivity contribution in [3.8, 4) is 11.6 Å². The molecule has 84 valence electrons. The summed E-state index contributed by atoms with van der Waals surface area (Å²) in [7, 11) is 0. The first-order chi connectivity index (χ1) is 6.83. The summed E-state index contributed by atoms with van der Waals surface area (Å²) in [5.74, 6) is -1.42. The van der Waals surface area contributed by atoms with Crippen molar-refractivity contribution in [2.45, 2.75) is 18.6 Å². The number of aromatic nitrogens is 1. The molecule has 0 radical (unpaired) electrons. The molecule has 0 amide bonds. The first-order valence-electron chi connectivity index (χ1n) is 3.84. The molecular formula is C8H7BrF3NO2. The van der Waals surface area contributed by atoms with Gasteiger partial charge in [0.1, 0.15) is 0 Å². The molecule has 1 heterocycles. The van der Waals surface area contributed by atoms with Crippen molar-refractivity contribution in [1.29, 1.82) is 0 Å². The van der Waals surface area contributed by atoms with Crippen LogP contribution in [0.1, 0.15) is 11.3 Å². The third kappa shape index (κ3) is 3.26. The van der Waals surface area contributed by atoms with E-state index >= 15 is 0 Å². The van der Waals surface area contributed by atoms with Gasteiger partial charge in [-0.3, -0.25) is 0 Å². The van der Waals surface area contributed by atoms with Crippen LogP contribution < -0.4 is 4.74 Å². The number of hydrogen-bond acceptors (Lipinski definition) is 3. The molecule has 1 aromatic rings. The Morgan fingerprint density at radius 2 is 2.13 bits per heavy atom. The standard InChI is InChI=1S/C8H7BrF3NO2/c1-4-2-5(3-9)13-7(6(4)14)15-8(10,11)12/h2,14H,3H2,1H3. The number of rotatable bonds is 2. The molecule has 0 saturated carbocycles. The molecule has 0 aliphatic carbocycles. The molecule has 7 heteroatoms. The fraction of sp³-hybridized carbons (Fsp3) is 0.375. The lowest BCUT2D eigenvalue weighted by Crippen LogP contribution is -2.18. The molecule has 1 aromatic heterocycles. The maximum absolute atomic E-state index is 11.9. The molecule has 0 atom stereocenters. The molecule has 0 fully saturated rings. The second-order valence-electron chi connectivity index (χ2n) is 2.77. The van der Waals surface area contributed by atoms with Gasteiger partial charge in [0.15, 0.2) is 5.75 Å². The Labute approximate surface area is 92.0 Å². The monoisotopic (exact) mass is 285 g/mol. The van der Waals surface area contributed by atoms with Crippen molar-refractivity contribution in [3.63, 3.8) is 0 Å². The zero-order valence-corrected chi connectivity index (χ0v) is 9.18. The van der Waals surface area contributed by atoms with Crippen LogP contribution in [0, 0.1) is 6.92 Å². The Hall–Kier alpha value is -0.980. The number of ether oxygens (including phenoxy) is 1. The van der Waals surface area contributed by atoms with Gasteiger partial charge in [-0.2, -0.15) is 0 Å². The molecule has 0 saturated heterocycles. The molecule has 0 aliphatic rings. The van der Waals surface area contributed by atoms with Crippen LogP contribution in [-0.4, -0.2) is 16.5 Å². The van der Waals surface area contributed by atoms with Crippen molar-refractivity contribution in [3.05, 3.63) is 17.3 Å². The summed E-state index contributed by atoms with van der Waals surface area (Å²) in [5, 5.41) is 9.56. The molecule has 0 aromatic carbocycles. The van der Waals surface area contributed by atoms with Gasteiger partial charge >= 0.3 is 6.36 Å². The maximum Gasteiger partial charge on any atom is 0.574 e.